The fraction of sp³-hybridized carbons (Fsp3) is 0.577. The number of nitrogens with zero attached hydrogens (tertiary/aromatic N) is 3. The molecule has 0 unspecified atom stereocenters. The molecule has 186 valence electrons. The number of amides is 4. The Hall–Kier alpha value is -3.41. The molecule has 1 aromatic carbocycles. The van der Waals surface area contributed by atoms with Crippen molar-refractivity contribution in [2.24, 2.45) is 5.92 Å². The molecule has 1 saturated heterocycles. The van der Waals surface area contributed by atoms with E-state index in [-0.39, 0.29) is 24.8 Å². The summed E-state index contributed by atoms with van der Waals surface area (Å²) in [6.07, 6.45) is 3.87. The van der Waals surface area contributed by atoms with E-state index in [9.17, 15) is 24.4 Å². The van der Waals surface area contributed by atoms with Crippen LogP contribution in [0.5, 0.6) is 0 Å². The fourth-order valence-corrected chi connectivity index (χ4v) is 5.50. The third kappa shape index (κ3) is 4.49. The van der Waals surface area contributed by atoms with Gasteiger partial charge in [-0.2, -0.15) is 5.26 Å². The Labute approximate surface area is 205 Å². The molecular formula is C26H33N5O4. The summed E-state index contributed by atoms with van der Waals surface area (Å²) < 4.78 is 0. The minimum atomic E-state index is -1.00. The van der Waals surface area contributed by atoms with Gasteiger partial charge < -0.3 is 20.4 Å². The lowest BCUT2D eigenvalue weighted by Crippen LogP contribution is -2.54. The molecule has 4 rings (SSSR count). The molecule has 35 heavy (non-hydrogen) atoms. The predicted molar refractivity (Wildman–Crippen MR) is 129 cm³/mol. The molecule has 3 aliphatic rings. The summed E-state index contributed by atoms with van der Waals surface area (Å²) in [5.41, 5.74) is 1.65. The van der Waals surface area contributed by atoms with Gasteiger partial charge in [-0.05, 0) is 48.8 Å². The van der Waals surface area contributed by atoms with Crippen molar-refractivity contribution in [2.75, 3.05) is 25.5 Å². The van der Waals surface area contributed by atoms with Crippen LogP contribution >= 0.6 is 0 Å². The van der Waals surface area contributed by atoms with Crippen LogP contribution in [0.4, 0.5) is 5.69 Å². The molecule has 1 fully saturated rings. The Bertz CT molecular complexity index is 1090. The van der Waals surface area contributed by atoms with E-state index >= 15 is 0 Å². The topological polar surface area (TPSA) is 123 Å². The van der Waals surface area contributed by atoms with Crippen LogP contribution in [0.15, 0.2) is 18.2 Å². The maximum atomic E-state index is 13.8. The van der Waals surface area contributed by atoms with Gasteiger partial charge in [0, 0.05) is 32.2 Å². The standard InChI is InChI=1S/C26H33N5O4/c1-16(2)11-21-23(33)31-15-26(13-18(31)14-27)19-12-17(8-9-20(19)29-25(26)35)7-5-4-6-10-28-22(32)24(34)30(21)3/h8-9,12,16,18,21H,4-7,10-11,13,15H2,1-3H3,(H,28,32)(H,29,35)/t18-,21-,26-/m0/s1. The van der Waals surface area contributed by atoms with Gasteiger partial charge in [0.2, 0.25) is 11.8 Å². The van der Waals surface area contributed by atoms with Crippen molar-refractivity contribution in [3.8, 4) is 6.07 Å². The molecular weight excluding hydrogens is 446 g/mol. The number of hydrogen-bond donors (Lipinski definition) is 2. The summed E-state index contributed by atoms with van der Waals surface area (Å²) in [6.45, 7) is 4.32. The molecule has 4 amide bonds. The highest BCUT2D eigenvalue weighted by atomic mass is 16.2. The molecule has 2 N–H and O–H groups in total. The zero-order valence-corrected chi connectivity index (χ0v) is 20.6. The number of carbonyl (C=O) groups excluding carboxylic acids is 4. The summed E-state index contributed by atoms with van der Waals surface area (Å²) in [6, 6.07) is 6.43. The number of likely N-dealkylation sites (N-methyl/N-ethyl adjacent to an activating group) is 1. The van der Waals surface area contributed by atoms with E-state index in [1.165, 1.54) is 16.8 Å². The minimum absolute atomic E-state index is 0.0616. The van der Waals surface area contributed by atoms with Gasteiger partial charge >= 0.3 is 11.8 Å². The van der Waals surface area contributed by atoms with Crippen LogP contribution < -0.4 is 10.6 Å². The quantitative estimate of drug-likeness (QED) is 0.626. The highest BCUT2D eigenvalue weighted by Gasteiger charge is 2.57. The molecule has 3 atom stereocenters. The number of nitrogens with one attached hydrogen (secondary N) is 2. The first-order valence-corrected chi connectivity index (χ1v) is 12.4. The molecule has 1 aromatic rings. The fourth-order valence-electron chi connectivity index (χ4n) is 5.50. The summed E-state index contributed by atoms with van der Waals surface area (Å²) in [4.78, 5) is 55.2. The lowest BCUT2D eigenvalue weighted by atomic mass is 9.79. The third-order valence-electron chi connectivity index (χ3n) is 7.46. The zero-order chi connectivity index (χ0) is 25.3. The van der Waals surface area contributed by atoms with Crippen molar-refractivity contribution in [3.05, 3.63) is 29.3 Å². The second kappa shape index (κ2) is 9.68. The predicted octanol–water partition coefficient (Wildman–Crippen LogP) is 1.72. The van der Waals surface area contributed by atoms with Crippen molar-refractivity contribution in [1.29, 1.82) is 5.26 Å². The maximum Gasteiger partial charge on any atom is 0.312 e. The third-order valence-corrected chi connectivity index (χ3v) is 7.46. The van der Waals surface area contributed by atoms with Crippen LogP contribution in [0.3, 0.4) is 0 Å². The second-order valence-electron chi connectivity index (χ2n) is 10.4. The van der Waals surface area contributed by atoms with E-state index in [1.807, 2.05) is 32.0 Å². The summed E-state index contributed by atoms with van der Waals surface area (Å²) in [5, 5.41) is 15.6. The van der Waals surface area contributed by atoms with Crippen LogP contribution in [0.1, 0.15) is 57.1 Å². The Morgan fingerprint density at radius 1 is 1.17 bits per heavy atom. The van der Waals surface area contributed by atoms with Gasteiger partial charge in [0.25, 0.3) is 0 Å². The van der Waals surface area contributed by atoms with Gasteiger partial charge in [-0.15, -0.1) is 0 Å². The molecule has 1 spiro atoms. The van der Waals surface area contributed by atoms with Crippen LogP contribution in [0.25, 0.3) is 0 Å². The summed E-state index contributed by atoms with van der Waals surface area (Å²) in [5.74, 6) is -2.07. The number of nitriles is 1. The van der Waals surface area contributed by atoms with Gasteiger partial charge in [-0.25, -0.2) is 0 Å². The Kier molecular flexibility index (Phi) is 6.84. The number of benzene rings is 1. The number of aryl methyl sites for hydroxylation is 1. The monoisotopic (exact) mass is 479 g/mol. The van der Waals surface area contributed by atoms with E-state index in [4.69, 9.17) is 0 Å². The number of fused-ring (bicyclic) bond motifs is 2. The van der Waals surface area contributed by atoms with E-state index in [0.29, 0.717) is 13.0 Å². The number of anilines is 1. The van der Waals surface area contributed by atoms with Gasteiger partial charge in [-0.1, -0.05) is 32.4 Å². The molecule has 4 bridgehead atoms. The van der Waals surface area contributed by atoms with Crippen LogP contribution in [-0.2, 0) is 31.0 Å². The van der Waals surface area contributed by atoms with Crippen molar-refractivity contribution in [3.63, 3.8) is 0 Å². The average molecular weight is 480 g/mol. The molecule has 0 saturated carbocycles. The molecule has 3 aliphatic heterocycles. The molecule has 0 radical (unpaired) electrons. The van der Waals surface area contributed by atoms with Crippen LogP contribution in [-0.4, -0.2) is 65.6 Å². The molecule has 0 aromatic heterocycles. The van der Waals surface area contributed by atoms with E-state index in [1.54, 1.807) is 0 Å². The summed E-state index contributed by atoms with van der Waals surface area (Å²) in [7, 11) is 1.46. The lowest BCUT2D eigenvalue weighted by molar-refractivity contribution is -0.151. The highest BCUT2D eigenvalue weighted by Crippen LogP contribution is 2.47. The van der Waals surface area contributed by atoms with Crippen molar-refractivity contribution < 1.29 is 19.2 Å². The van der Waals surface area contributed by atoms with Gasteiger partial charge in [0.05, 0.1) is 11.5 Å². The second-order valence-corrected chi connectivity index (χ2v) is 10.4. The minimum Gasteiger partial charge on any atom is -0.348 e. The van der Waals surface area contributed by atoms with Crippen molar-refractivity contribution in [1.82, 2.24) is 15.1 Å². The largest absolute Gasteiger partial charge is 0.348 e. The van der Waals surface area contributed by atoms with Gasteiger partial charge in [0.15, 0.2) is 0 Å². The number of hydrogen-bond acceptors (Lipinski definition) is 5. The van der Waals surface area contributed by atoms with Crippen molar-refractivity contribution in [2.45, 2.75) is 69.9 Å². The normalized spacial score (nSPS) is 27.5. The Morgan fingerprint density at radius 3 is 2.66 bits per heavy atom. The first kappa shape index (κ1) is 24.7. The Morgan fingerprint density at radius 2 is 1.94 bits per heavy atom. The summed E-state index contributed by atoms with van der Waals surface area (Å²) >= 11 is 0. The van der Waals surface area contributed by atoms with Gasteiger partial charge in [0.1, 0.15) is 12.1 Å². The molecule has 0 aliphatic carbocycles. The van der Waals surface area contributed by atoms with E-state index in [2.05, 4.69) is 16.7 Å². The molecule has 3 heterocycles. The van der Waals surface area contributed by atoms with Crippen molar-refractivity contribution >= 4 is 29.3 Å². The van der Waals surface area contributed by atoms with Gasteiger partial charge in [-0.3, -0.25) is 19.2 Å². The number of carbonyl (C=O) groups is 4. The van der Waals surface area contributed by atoms with E-state index in [0.717, 1.165) is 42.5 Å². The molecule has 9 nitrogen and oxygen atoms in total. The smallest absolute Gasteiger partial charge is 0.312 e. The zero-order valence-electron chi connectivity index (χ0n) is 20.6. The maximum absolute atomic E-state index is 13.8. The SMILES string of the molecule is CC(C)C[C@H]1C(=O)N2C[C@]3(C[C@H]2C#N)C(=O)Nc2ccc(cc23)CCCCCNC(=O)C(=O)N1C. The first-order chi connectivity index (χ1) is 16.7. The number of rotatable bonds is 2. The Balaban J connectivity index is 1.76. The highest BCUT2D eigenvalue weighted by molar-refractivity contribution is 6.35. The first-order valence-electron chi connectivity index (χ1n) is 12.4. The van der Waals surface area contributed by atoms with E-state index < -0.39 is 35.2 Å². The van der Waals surface area contributed by atoms with Crippen LogP contribution in [0, 0.1) is 17.2 Å². The average Bonchev–Trinajstić information content (AvgIpc) is 3.35. The lowest BCUT2D eigenvalue weighted by Gasteiger charge is -2.33. The van der Waals surface area contributed by atoms with Crippen LogP contribution in [0.2, 0.25) is 0 Å². The molecule has 9 heteroatoms.